The zero-order valence-corrected chi connectivity index (χ0v) is 24.9. The van der Waals surface area contributed by atoms with E-state index in [0.717, 1.165) is 12.5 Å². The van der Waals surface area contributed by atoms with Gasteiger partial charge in [0.05, 0.1) is 12.5 Å². The van der Waals surface area contributed by atoms with E-state index in [0.29, 0.717) is 24.8 Å². The molecule has 0 aromatic heterocycles. The Morgan fingerprint density at radius 1 is 1.00 bits per heavy atom. The fourth-order valence-electron chi connectivity index (χ4n) is 6.24. The van der Waals surface area contributed by atoms with Gasteiger partial charge >= 0.3 is 5.97 Å². The summed E-state index contributed by atoms with van der Waals surface area (Å²) in [5, 5.41) is 62.2. The molecule has 6 N–H and O–H groups in total. The third-order valence-electron chi connectivity index (χ3n) is 8.74. The van der Waals surface area contributed by atoms with Gasteiger partial charge in [0.1, 0.15) is 65.7 Å². The summed E-state index contributed by atoms with van der Waals surface area (Å²) in [6.07, 6.45) is -2.11. The van der Waals surface area contributed by atoms with Crippen molar-refractivity contribution in [3.63, 3.8) is 0 Å². The number of allylic oxidation sites excluding steroid dienone is 2. The molecule has 12 nitrogen and oxygen atoms in total. The number of carbonyl (C=O) groups excluding carboxylic acids is 2. The lowest BCUT2D eigenvalue weighted by Crippen LogP contribution is -2.60. The highest BCUT2D eigenvalue weighted by Crippen LogP contribution is 2.43. The number of fused-ring (bicyclic) bond motifs is 1. The second kappa shape index (κ2) is 14.2. The average molecular weight is 629 g/mol. The van der Waals surface area contributed by atoms with Gasteiger partial charge in [-0.1, -0.05) is 31.2 Å². The lowest BCUT2D eigenvalue weighted by molar-refractivity contribution is -0.278. The minimum atomic E-state index is -1.71. The van der Waals surface area contributed by atoms with Gasteiger partial charge < -0.3 is 49.6 Å². The van der Waals surface area contributed by atoms with Crippen LogP contribution in [-0.2, 0) is 14.3 Å². The van der Waals surface area contributed by atoms with Crippen LogP contribution in [0, 0.1) is 11.8 Å². The van der Waals surface area contributed by atoms with Crippen molar-refractivity contribution in [2.24, 2.45) is 11.8 Å². The summed E-state index contributed by atoms with van der Waals surface area (Å²) in [6.45, 7) is 1.59. The molecule has 0 bridgehead atoms. The standard InChI is InChI=1S/C33H40O12/c1-2-3-4-5-21-18(8-11-22(21)35)12-28(38)42-16-27-30(39)31(40)32(41)33(45-27)43-20-13-23(36)29-24(37)15-25(44-26(29)14-20)17-6-9-19(34)10-7-17/h3-4,6-7,9-10,13-14,18,21-22,25,27,30-36,39-41H,2,5,8,11-12,15-16H2,1H3/b4-3-/t18-,21-,22+,25?,27?,30?,31?,32?,33?/m0/s1. The number of aliphatic hydroxyl groups excluding tert-OH is 4. The summed E-state index contributed by atoms with van der Waals surface area (Å²) in [7, 11) is 0. The van der Waals surface area contributed by atoms with E-state index in [-0.39, 0.29) is 53.3 Å². The van der Waals surface area contributed by atoms with Crippen molar-refractivity contribution in [3.05, 3.63) is 59.7 Å². The summed E-state index contributed by atoms with van der Waals surface area (Å²) < 4.78 is 22.8. The molecule has 9 atom stereocenters. The molecule has 2 aromatic rings. The molecule has 2 aromatic carbocycles. The van der Waals surface area contributed by atoms with Crippen LogP contribution in [0.4, 0.5) is 0 Å². The molecule has 2 aliphatic heterocycles. The molecule has 0 amide bonds. The number of aliphatic hydroxyl groups is 4. The Hall–Kier alpha value is -3.68. The fourth-order valence-corrected chi connectivity index (χ4v) is 6.24. The van der Waals surface area contributed by atoms with E-state index < -0.39 is 61.2 Å². The molecule has 45 heavy (non-hydrogen) atoms. The molecule has 12 heteroatoms. The number of benzene rings is 2. The minimum Gasteiger partial charge on any atom is -0.508 e. The number of Topliss-reactive ketones (excluding diaryl/α,β-unsaturated/α-hetero) is 1. The van der Waals surface area contributed by atoms with Crippen molar-refractivity contribution in [2.75, 3.05) is 6.61 Å². The smallest absolute Gasteiger partial charge is 0.306 e. The summed E-state index contributed by atoms with van der Waals surface area (Å²) in [4.78, 5) is 25.6. The van der Waals surface area contributed by atoms with Gasteiger partial charge in [-0.05, 0) is 55.2 Å². The molecule has 0 radical (unpaired) electrons. The summed E-state index contributed by atoms with van der Waals surface area (Å²) in [6, 6.07) is 8.64. The van der Waals surface area contributed by atoms with Crippen LogP contribution < -0.4 is 9.47 Å². The lowest BCUT2D eigenvalue weighted by Gasteiger charge is -2.40. The summed E-state index contributed by atoms with van der Waals surface area (Å²) >= 11 is 0. The van der Waals surface area contributed by atoms with Crippen LogP contribution >= 0.6 is 0 Å². The second-order valence-corrected chi connectivity index (χ2v) is 11.8. The van der Waals surface area contributed by atoms with Gasteiger partial charge in [-0.2, -0.15) is 0 Å². The van der Waals surface area contributed by atoms with Gasteiger partial charge in [-0.15, -0.1) is 0 Å². The quantitative estimate of drug-likeness (QED) is 0.167. The number of phenolic OH excluding ortho intramolecular Hbond substituents is 2. The van der Waals surface area contributed by atoms with Crippen LogP contribution in [0.3, 0.4) is 0 Å². The van der Waals surface area contributed by atoms with Crippen molar-refractivity contribution >= 4 is 11.8 Å². The highest BCUT2D eigenvalue weighted by atomic mass is 16.7. The first kappa shape index (κ1) is 32.7. The van der Waals surface area contributed by atoms with E-state index in [1.165, 1.54) is 18.2 Å². The maximum Gasteiger partial charge on any atom is 0.306 e. The maximum absolute atomic E-state index is 12.8. The van der Waals surface area contributed by atoms with Gasteiger partial charge in [0.2, 0.25) is 6.29 Å². The van der Waals surface area contributed by atoms with Crippen molar-refractivity contribution in [2.45, 2.75) is 88.4 Å². The number of phenols is 2. The van der Waals surface area contributed by atoms with Crippen molar-refractivity contribution in [3.8, 4) is 23.0 Å². The number of rotatable bonds is 10. The number of ether oxygens (including phenoxy) is 4. The highest BCUT2D eigenvalue weighted by molar-refractivity contribution is 6.02. The molecule has 3 aliphatic rings. The third kappa shape index (κ3) is 7.42. The number of hydrogen-bond donors (Lipinski definition) is 6. The second-order valence-electron chi connectivity index (χ2n) is 11.8. The van der Waals surface area contributed by atoms with Gasteiger partial charge in [0.25, 0.3) is 0 Å². The van der Waals surface area contributed by atoms with Crippen LogP contribution in [-0.4, -0.2) is 85.8 Å². The van der Waals surface area contributed by atoms with E-state index in [1.807, 2.05) is 19.1 Å². The van der Waals surface area contributed by atoms with Crippen LogP contribution in [0.25, 0.3) is 0 Å². The SMILES string of the molecule is CC/C=C\C[C@H]1[C@H](CC(=O)OCC2OC(Oc3cc(O)c4c(c3)OC(c3ccc(O)cc3)CC4=O)C(O)C(O)C2O)CC[C@H]1O. The van der Waals surface area contributed by atoms with E-state index in [1.54, 1.807) is 12.1 Å². The molecule has 6 unspecified atom stereocenters. The van der Waals surface area contributed by atoms with Crippen molar-refractivity contribution in [1.29, 1.82) is 0 Å². The fraction of sp³-hybridized carbons (Fsp3) is 0.515. The van der Waals surface area contributed by atoms with Crippen molar-refractivity contribution < 1.29 is 59.2 Å². The first-order valence-electron chi connectivity index (χ1n) is 15.3. The molecule has 244 valence electrons. The van der Waals surface area contributed by atoms with Crippen LogP contribution in [0.1, 0.15) is 67.5 Å². The lowest BCUT2D eigenvalue weighted by atomic mass is 9.89. The first-order valence-corrected chi connectivity index (χ1v) is 15.3. The van der Waals surface area contributed by atoms with Crippen LogP contribution in [0.5, 0.6) is 23.0 Å². The zero-order valence-electron chi connectivity index (χ0n) is 24.9. The minimum absolute atomic E-state index is 0.0243. The highest BCUT2D eigenvalue weighted by Gasteiger charge is 2.46. The molecule has 2 heterocycles. The molecule has 2 fully saturated rings. The Bertz CT molecular complexity index is 1370. The van der Waals surface area contributed by atoms with Gasteiger partial charge in [0.15, 0.2) is 5.78 Å². The Balaban J connectivity index is 1.23. The van der Waals surface area contributed by atoms with E-state index in [9.17, 15) is 40.2 Å². The molecular weight excluding hydrogens is 588 g/mol. The Kier molecular flexibility index (Phi) is 10.3. The first-order chi connectivity index (χ1) is 21.5. The predicted molar refractivity (Wildman–Crippen MR) is 158 cm³/mol. The average Bonchev–Trinajstić information content (AvgIpc) is 3.35. The molecular formula is C33H40O12. The Labute approximate surface area is 260 Å². The van der Waals surface area contributed by atoms with E-state index in [2.05, 4.69) is 0 Å². The number of ketones is 1. The van der Waals surface area contributed by atoms with Gasteiger partial charge in [-0.25, -0.2) is 0 Å². The predicted octanol–water partition coefficient (Wildman–Crippen LogP) is 2.67. The molecule has 1 saturated heterocycles. The normalized spacial score (nSPS) is 31.4. The van der Waals surface area contributed by atoms with Crippen molar-refractivity contribution in [1.82, 2.24) is 0 Å². The number of esters is 1. The number of aromatic hydroxyl groups is 2. The van der Waals surface area contributed by atoms with E-state index >= 15 is 0 Å². The summed E-state index contributed by atoms with van der Waals surface area (Å²) in [5.74, 6) is -1.44. The monoisotopic (exact) mass is 628 g/mol. The largest absolute Gasteiger partial charge is 0.508 e. The topological polar surface area (TPSA) is 192 Å². The van der Waals surface area contributed by atoms with Gasteiger partial charge in [-0.3, -0.25) is 9.59 Å². The van der Waals surface area contributed by atoms with Crippen LogP contribution in [0.2, 0.25) is 0 Å². The molecule has 0 spiro atoms. The number of carbonyl (C=O) groups is 2. The van der Waals surface area contributed by atoms with Gasteiger partial charge in [0, 0.05) is 18.6 Å². The molecule has 1 saturated carbocycles. The Morgan fingerprint density at radius 3 is 2.49 bits per heavy atom. The van der Waals surface area contributed by atoms with E-state index in [4.69, 9.17) is 18.9 Å². The zero-order chi connectivity index (χ0) is 32.2. The maximum atomic E-state index is 12.8. The number of hydrogen-bond acceptors (Lipinski definition) is 12. The third-order valence-corrected chi connectivity index (χ3v) is 8.74. The molecule has 5 rings (SSSR count). The Morgan fingerprint density at radius 2 is 1.76 bits per heavy atom. The summed E-state index contributed by atoms with van der Waals surface area (Å²) in [5.41, 5.74) is 0.590. The van der Waals surface area contributed by atoms with Crippen LogP contribution in [0.15, 0.2) is 48.6 Å². The molecule has 1 aliphatic carbocycles.